The van der Waals surface area contributed by atoms with Gasteiger partial charge in [0.15, 0.2) is 0 Å². The van der Waals surface area contributed by atoms with Crippen LogP contribution in [0.3, 0.4) is 0 Å². The molecule has 0 aliphatic carbocycles. The summed E-state index contributed by atoms with van der Waals surface area (Å²) in [5, 5.41) is 2.88. The standard InChI is InChI=1S/C22H26N4O5/c1-29-17-5-2-4-16(14-17)24-22(28)26-9-7-18(15-26)31-20-19(6-3-8-23-20)21(27)25-10-12-30-13-11-25/h2-6,8,14,18H,7,9-13,15H2,1H3,(H,24,28). The van der Waals surface area contributed by atoms with Gasteiger partial charge in [-0.05, 0) is 24.3 Å². The number of nitrogens with one attached hydrogen (secondary N) is 1. The van der Waals surface area contributed by atoms with E-state index >= 15 is 0 Å². The molecule has 1 aromatic carbocycles. The van der Waals surface area contributed by atoms with E-state index in [1.54, 1.807) is 41.3 Å². The van der Waals surface area contributed by atoms with Crippen molar-refractivity contribution in [2.75, 3.05) is 51.8 Å². The number of methoxy groups -OCH3 is 1. The third-order valence-corrected chi connectivity index (χ3v) is 5.33. The first-order valence-corrected chi connectivity index (χ1v) is 10.3. The first kappa shape index (κ1) is 20.9. The molecule has 2 aliphatic rings. The van der Waals surface area contributed by atoms with E-state index < -0.39 is 0 Å². The van der Waals surface area contributed by atoms with E-state index in [1.165, 1.54) is 0 Å². The highest BCUT2D eigenvalue weighted by molar-refractivity contribution is 5.96. The highest BCUT2D eigenvalue weighted by atomic mass is 16.5. The van der Waals surface area contributed by atoms with Gasteiger partial charge in [0.2, 0.25) is 5.88 Å². The molecule has 2 aliphatic heterocycles. The maximum atomic E-state index is 12.9. The molecule has 2 fully saturated rings. The van der Waals surface area contributed by atoms with Gasteiger partial charge in [0.25, 0.3) is 5.91 Å². The number of ether oxygens (including phenoxy) is 3. The Morgan fingerprint density at radius 3 is 2.77 bits per heavy atom. The normalized spacial score (nSPS) is 18.5. The zero-order chi connectivity index (χ0) is 21.6. The fourth-order valence-corrected chi connectivity index (χ4v) is 3.65. The quantitative estimate of drug-likeness (QED) is 0.788. The van der Waals surface area contributed by atoms with Crippen LogP contribution in [0.15, 0.2) is 42.6 Å². The summed E-state index contributed by atoms with van der Waals surface area (Å²) in [6.45, 7) is 3.13. The van der Waals surface area contributed by atoms with Crippen LogP contribution in [0.5, 0.6) is 11.6 Å². The Balaban J connectivity index is 1.37. The molecule has 1 aromatic heterocycles. The van der Waals surface area contributed by atoms with Crippen molar-refractivity contribution in [3.63, 3.8) is 0 Å². The van der Waals surface area contributed by atoms with Gasteiger partial charge in [-0.3, -0.25) is 4.79 Å². The average Bonchev–Trinajstić information content (AvgIpc) is 3.28. The number of hydrogen-bond donors (Lipinski definition) is 1. The van der Waals surface area contributed by atoms with E-state index in [4.69, 9.17) is 14.2 Å². The molecule has 3 amide bonds. The van der Waals surface area contributed by atoms with Gasteiger partial charge in [-0.1, -0.05) is 6.07 Å². The van der Waals surface area contributed by atoms with Crippen LogP contribution >= 0.6 is 0 Å². The number of amides is 3. The lowest BCUT2D eigenvalue weighted by Crippen LogP contribution is -2.41. The molecule has 4 rings (SSSR count). The highest BCUT2D eigenvalue weighted by Crippen LogP contribution is 2.23. The molecule has 9 heteroatoms. The summed E-state index contributed by atoms with van der Waals surface area (Å²) in [6.07, 6.45) is 2.03. The number of morpholine rings is 1. The number of anilines is 1. The Morgan fingerprint density at radius 2 is 1.97 bits per heavy atom. The number of aromatic nitrogens is 1. The number of carbonyl (C=O) groups is 2. The predicted octanol–water partition coefficient (Wildman–Crippen LogP) is 2.25. The molecular weight excluding hydrogens is 400 g/mol. The van der Waals surface area contributed by atoms with Crippen LogP contribution in [-0.4, -0.2) is 79.3 Å². The fraction of sp³-hybridized carbons (Fsp3) is 0.409. The second kappa shape index (κ2) is 9.65. The SMILES string of the molecule is COc1cccc(NC(=O)N2CCC(Oc3ncccc3C(=O)N3CCOCC3)C2)c1. The maximum absolute atomic E-state index is 12.9. The van der Waals surface area contributed by atoms with Gasteiger partial charge in [-0.15, -0.1) is 0 Å². The third kappa shape index (κ3) is 5.05. The van der Waals surface area contributed by atoms with Gasteiger partial charge in [0.05, 0.1) is 26.9 Å². The van der Waals surface area contributed by atoms with E-state index in [2.05, 4.69) is 10.3 Å². The molecule has 1 unspecified atom stereocenters. The zero-order valence-corrected chi connectivity index (χ0v) is 17.5. The zero-order valence-electron chi connectivity index (χ0n) is 17.5. The van der Waals surface area contributed by atoms with E-state index in [0.717, 1.165) is 0 Å². The Bertz CT molecular complexity index is 932. The molecule has 0 radical (unpaired) electrons. The molecule has 0 saturated carbocycles. The van der Waals surface area contributed by atoms with Crippen molar-refractivity contribution >= 4 is 17.6 Å². The molecule has 1 N–H and O–H groups in total. The molecule has 2 saturated heterocycles. The second-order valence-electron chi connectivity index (χ2n) is 7.40. The molecule has 3 heterocycles. The van der Waals surface area contributed by atoms with Crippen molar-refractivity contribution in [3.05, 3.63) is 48.2 Å². The molecular formula is C22H26N4O5. The van der Waals surface area contributed by atoms with Gasteiger partial charge < -0.3 is 29.3 Å². The number of nitrogens with zero attached hydrogens (tertiary/aromatic N) is 3. The largest absolute Gasteiger partial charge is 0.497 e. The second-order valence-corrected chi connectivity index (χ2v) is 7.40. The summed E-state index contributed by atoms with van der Waals surface area (Å²) in [4.78, 5) is 33.2. The number of urea groups is 1. The lowest BCUT2D eigenvalue weighted by Gasteiger charge is -2.27. The van der Waals surface area contributed by atoms with Crippen LogP contribution in [0.25, 0.3) is 0 Å². The van der Waals surface area contributed by atoms with E-state index in [1.807, 2.05) is 18.2 Å². The van der Waals surface area contributed by atoms with Crippen LogP contribution < -0.4 is 14.8 Å². The Kier molecular flexibility index (Phi) is 6.51. The Morgan fingerprint density at radius 1 is 1.13 bits per heavy atom. The monoisotopic (exact) mass is 426 g/mol. The van der Waals surface area contributed by atoms with Gasteiger partial charge in [0.1, 0.15) is 17.4 Å². The molecule has 31 heavy (non-hydrogen) atoms. The number of carbonyl (C=O) groups excluding carboxylic acids is 2. The minimum Gasteiger partial charge on any atom is -0.497 e. The van der Waals surface area contributed by atoms with Crippen molar-refractivity contribution in [1.82, 2.24) is 14.8 Å². The molecule has 164 valence electrons. The molecule has 1 atom stereocenters. The smallest absolute Gasteiger partial charge is 0.321 e. The average molecular weight is 426 g/mol. The molecule has 9 nitrogen and oxygen atoms in total. The van der Waals surface area contributed by atoms with Gasteiger partial charge >= 0.3 is 6.03 Å². The van der Waals surface area contributed by atoms with E-state index in [0.29, 0.717) is 68.7 Å². The molecule has 0 spiro atoms. The maximum Gasteiger partial charge on any atom is 0.321 e. The summed E-state index contributed by atoms with van der Waals surface area (Å²) in [5.41, 5.74) is 1.10. The lowest BCUT2D eigenvalue weighted by molar-refractivity contribution is 0.0298. The van der Waals surface area contributed by atoms with Crippen LogP contribution in [0.4, 0.5) is 10.5 Å². The van der Waals surface area contributed by atoms with Crippen molar-refractivity contribution in [2.24, 2.45) is 0 Å². The van der Waals surface area contributed by atoms with Crippen molar-refractivity contribution < 1.29 is 23.8 Å². The lowest BCUT2D eigenvalue weighted by atomic mass is 10.2. The van der Waals surface area contributed by atoms with Crippen molar-refractivity contribution in [3.8, 4) is 11.6 Å². The third-order valence-electron chi connectivity index (χ3n) is 5.33. The fourth-order valence-electron chi connectivity index (χ4n) is 3.65. The van der Waals surface area contributed by atoms with Crippen LogP contribution in [0.1, 0.15) is 16.8 Å². The van der Waals surface area contributed by atoms with E-state index in [9.17, 15) is 9.59 Å². The van der Waals surface area contributed by atoms with E-state index in [-0.39, 0.29) is 18.0 Å². The topological polar surface area (TPSA) is 93.2 Å². The number of pyridine rings is 1. The minimum atomic E-state index is -0.234. The van der Waals surface area contributed by atoms with Crippen molar-refractivity contribution in [1.29, 1.82) is 0 Å². The summed E-state index contributed by atoms with van der Waals surface area (Å²) < 4.78 is 16.6. The summed E-state index contributed by atoms with van der Waals surface area (Å²) in [7, 11) is 1.58. The van der Waals surface area contributed by atoms with Gasteiger partial charge in [-0.2, -0.15) is 0 Å². The summed E-state index contributed by atoms with van der Waals surface area (Å²) in [6, 6.07) is 10.5. The summed E-state index contributed by atoms with van der Waals surface area (Å²) in [5.74, 6) is 0.865. The summed E-state index contributed by atoms with van der Waals surface area (Å²) >= 11 is 0. The van der Waals surface area contributed by atoms with Gasteiger partial charge in [-0.25, -0.2) is 9.78 Å². The first-order valence-electron chi connectivity index (χ1n) is 10.3. The van der Waals surface area contributed by atoms with Gasteiger partial charge in [0, 0.05) is 44.0 Å². The number of hydrogen-bond acceptors (Lipinski definition) is 6. The minimum absolute atomic E-state index is 0.114. The number of rotatable bonds is 5. The molecule has 0 bridgehead atoms. The first-order chi connectivity index (χ1) is 15.1. The number of likely N-dealkylation sites (tertiary alicyclic amines) is 1. The van der Waals surface area contributed by atoms with Crippen LogP contribution in [0, 0.1) is 0 Å². The van der Waals surface area contributed by atoms with Crippen LogP contribution in [0.2, 0.25) is 0 Å². The number of benzene rings is 1. The molecule has 2 aromatic rings. The Hall–Kier alpha value is -3.33. The Labute approximate surface area is 180 Å². The predicted molar refractivity (Wildman–Crippen MR) is 114 cm³/mol. The highest BCUT2D eigenvalue weighted by Gasteiger charge is 2.30. The van der Waals surface area contributed by atoms with Crippen molar-refractivity contribution in [2.45, 2.75) is 12.5 Å². The van der Waals surface area contributed by atoms with Crippen LogP contribution in [-0.2, 0) is 4.74 Å².